The van der Waals surface area contributed by atoms with E-state index in [0.29, 0.717) is 25.7 Å². The fourth-order valence-corrected chi connectivity index (χ4v) is 1.87. The van der Waals surface area contributed by atoms with E-state index in [0.717, 1.165) is 13.0 Å². The molecule has 0 bridgehead atoms. The molecule has 4 heteroatoms. The Labute approximate surface area is 97.3 Å². The van der Waals surface area contributed by atoms with Gasteiger partial charge >= 0.3 is 0 Å². The summed E-state index contributed by atoms with van der Waals surface area (Å²) in [6.07, 6.45) is 6.28. The summed E-state index contributed by atoms with van der Waals surface area (Å²) in [4.78, 5) is 13.7. The van der Waals surface area contributed by atoms with Gasteiger partial charge in [-0.3, -0.25) is 9.69 Å². The Morgan fingerprint density at radius 1 is 1.69 bits per heavy atom. The van der Waals surface area contributed by atoms with Crippen LogP contribution in [0.3, 0.4) is 0 Å². The van der Waals surface area contributed by atoms with Crippen molar-refractivity contribution in [3.05, 3.63) is 0 Å². The maximum Gasteiger partial charge on any atom is 0.234 e. The number of nitrogens with zero attached hydrogens (tertiary/aromatic N) is 1. The maximum absolute atomic E-state index is 11.5. The molecular formula is C12H20N2O2. The van der Waals surface area contributed by atoms with Gasteiger partial charge in [0.15, 0.2) is 0 Å². The van der Waals surface area contributed by atoms with Crippen molar-refractivity contribution in [3.63, 3.8) is 0 Å². The van der Waals surface area contributed by atoms with Gasteiger partial charge in [-0.25, -0.2) is 0 Å². The first-order valence-electron chi connectivity index (χ1n) is 5.73. The Morgan fingerprint density at radius 3 is 3.06 bits per heavy atom. The molecule has 4 nitrogen and oxygen atoms in total. The molecule has 16 heavy (non-hydrogen) atoms. The van der Waals surface area contributed by atoms with E-state index in [1.807, 2.05) is 6.92 Å². The lowest BCUT2D eigenvalue weighted by atomic mass is 10.1. The molecule has 90 valence electrons. The van der Waals surface area contributed by atoms with E-state index < -0.39 is 0 Å². The number of carbonyl (C=O) groups excluding carboxylic acids is 1. The highest BCUT2D eigenvalue weighted by molar-refractivity contribution is 5.78. The summed E-state index contributed by atoms with van der Waals surface area (Å²) >= 11 is 0. The number of rotatable bonds is 4. The van der Waals surface area contributed by atoms with Crippen LogP contribution in [-0.4, -0.2) is 49.2 Å². The highest BCUT2D eigenvalue weighted by atomic mass is 16.5. The van der Waals surface area contributed by atoms with Gasteiger partial charge in [-0.15, -0.1) is 6.42 Å². The van der Waals surface area contributed by atoms with Crippen LogP contribution in [0.4, 0.5) is 0 Å². The third-order valence-electron chi connectivity index (χ3n) is 2.79. The molecule has 1 N–H and O–H groups in total. The van der Waals surface area contributed by atoms with Gasteiger partial charge in [0.25, 0.3) is 0 Å². The Balaban J connectivity index is 2.42. The summed E-state index contributed by atoms with van der Waals surface area (Å²) < 4.78 is 5.57. The highest BCUT2D eigenvalue weighted by Gasteiger charge is 2.26. The van der Waals surface area contributed by atoms with E-state index in [9.17, 15) is 4.79 Å². The second-order valence-corrected chi connectivity index (χ2v) is 4.12. The SMILES string of the molecule is C#CCNC(=O)CN1CC(C)OCC1CC. The molecule has 0 saturated carbocycles. The van der Waals surface area contributed by atoms with Crippen LogP contribution in [0.15, 0.2) is 0 Å². The lowest BCUT2D eigenvalue weighted by molar-refractivity contribution is -0.126. The normalized spacial score (nSPS) is 26.1. The molecule has 0 aromatic carbocycles. The molecule has 1 aliphatic heterocycles. The molecule has 0 aromatic rings. The van der Waals surface area contributed by atoms with Crippen molar-refractivity contribution in [3.8, 4) is 12.3 Å². The Hall–Kier alpha value is -1.05. The molecule has 0 spiro atoms. The minimum Gasteiger partial charge on any atom is -0.376 e. The van der Waals surface area contributed by atoms with E-state index in [4.69, 9.17) is 11.2 Å². The van der Waals surface area contributed by atoms with Gasteiger partial charge in [-0.2, -0.15) is 0 Å². The number of ether oxygens (including phenoxy) is 1. The first-order chi connectivity index (χ1) is 7.67. The number of nitrogens with one attached hydrogen (secondary N) is 1. The monoisotopic (exact) mass is 224 g/mol. The number of carbonyl (C=O) groups is 1. The van der Waals surface area contributed by atoms with Gasteiger partial charge in [-0.1, -0.05) is 12.8 Å². The van der Waals surface area contributed by atoms with Crippen LogP contribution in [0.5, 0.6) is 0 Å². The topological polar surface area (TPSA) is 41.6 Å². The van der Waals surface area contributed by atoms with Crippen molar-refractivity contribution >= 4 is 5.91 Å². The first-order valence-corrected chi connectivity index (χ1v) is 5.73. The molecule has 2 unspecified atom stereocenters. The van der Waals surface area contributed by atoms with Gasteiger partial charge < -0.3 is 10.1 Å². The average molecular weight is 224 g/mol. The molecule has 1 amide bonds. The van der Waals surface area contributed by atoms with E-state index in [1.165, 1.54) is 0 Å². The molecule has 1 saturated heterocycles. The van der Waals surface area contributed by atoms with Crippen molar-refractivity contribution < 1.29 is 9.53 Å². The van der Waals surface area contributed by atoms with Crippen LogP contribution in [0.1, 0.15) is 20.3 Å². The third kappa shape index (κ3) is 3.84. The number of hydrogen-bond acceptors (Lipinski definition) is 3. The lowest BCUT2D eigenvalue weighted by Crippen LogP contribution is -2.51. The van der Waals surface area contributed by atoms with Gasteiger partial charge in [0, 0.05) is 12.6 Å². The Morgan fingerprint density at radius 2 is 2.44 bits per heavy atom. The van der Waals surface area contributed by atoms with Crippen molar-refractivity contribution in [2.45, 2.75) is 32.4 Å². The van der Waals surface area contributed by atoms with Crippen LogP contribution >= 0.6 is 0 Å². The molecule has 1 fully saturated rings. The van der Waals surface area contributed by atoms with Crippen LogP contribution in [0.2, 0.25) is 0 Å². The fourth-order valence-electron chi connectivity index (χ4n) is 1.87. The van der Waals surface area contributed by atoms with Crippen molar-refractivity contribution in [1.82, 2.24) is 10.2 Å². The summed E-state index contributed by atoms with van der Waals surface area (Å²) in [5.74, 6) is 2.39. The Bertz CT molecular complexity index is 273. The standard InChI is InChI=1S/C12H20N2O2/c1-4-6-13-12(15)8-14-7-10(3)16-9-11(14)5-2/h1,10-11H,5-9H2,2-3H3,(H,13,15). The molecule has 1 rings (SSSR count). The summed E-state index contributed by atoms with van der Waals surface area (Å²) in [5, 5.41) is 2.68. The van der Waals surface area contributed by atoms with Crippen LogP contribution < -0.4 is 5.32 Å². The van der Waals surface area contributed by atoms with Gasteiger partial charge in [0.1, 0.15) is 0 Å². The predicted molar refractivity (Wildman–Crippen MR) is 62.9 cm³/mol. The quantitative estimate of drug-likeness (QED) is 0.695. The number of morpholine rings is 1. The van der Waals surface area contributed by atoms with Crippen LogP contribution in [0.25, 0.3) is 0 Å². The van der Waals surface area contributed by atoms with Crippen molar-refractivity contribution in [2.24, 2.45) is 0 Å². The van der Waals surface area contributed by atoms with Gasteiger partial charge in [-0.05, 0) is 13.3 Å². The Kier molecular flexibility index (Phi) is 5.30. The number of hydrogen-bond donors (Lipinski definition) is 1. The van der Waals surface area contributed by atoms with Gasteiger partial charge in [0.05, 0.1) is 25.8 Å². The zero-order valence-electron chi connectivity index (χ0n) is 10.0. The fraction of sp³-hybridized carbons (Fsp3) is 0.750. The van der Waals surface area contributed by atoms with Crippen LogP contribution in [-0.2, 0) is 9.53 Å². The molecule has 1 aliphatic rings. The van der Waals surface area contributed by atoms with E-state index in [2.05, 4.69) is 23.1 Å². The number of terminal acetylenes is 1. The minimum absolute atomic E-state index is 0.00880. The average Bonchev–Trinajstić information content (AvgIpc) is 2.27. The smallest absolute Gasteiger partial charge is 0.234 e. The molecule has 0 aromatic heterocycles. The summed E-state index contributed by atoms with van der Waals surface area (Å²) in [7, 11) is 0. The maximum atomic E-state index is 11.5. The minimum atomic E-state index is -0.00880. The number of amides is 1. The van der Waals surface area contributed by atoms with E-state index in [-0.39, 0.29) is 12.0 Å². The molecule has 0 radical (unpaired) electrons. The molecule has 0 aliphatic carbocycles. The van der Waals surface area contributed by atoms with E-state index in [1.54, 1.807) is 0 Å². The molecule has 1 heterocycles. The van der Waals surface area contributed by atoms with Crippen molar-refractivity contribution in [1.29, 1.82) is 0 Å². The first kappa shape index (κ1) is 13.0. The summed E-state index contributed by atoms with van der Waals surface area (Å²) in [6.45, 7) is 6.36. The largest absolute Gasteiger partial charge is 0.376 e. The zero-order valence-corrected chi connectivity index (χ0v) is 10.0. The highest BCUT2D eigenvalue weighted by Crippen LogP contribution is 2.13. The molecular weight excluding hydrogens is 204 g/mol. The second kappa shape index (κ2) is 6.51. The third-order valence-corrected chi connectivity index (χ3v) is 2.79. The van der Waals surface area contributed by atoms with Crippen molar-refractivity contribution in [2.75, 3.05) is 26.2 Å². The lowest BCUT2D eigenvalue weighted by Gasteiger charge is -2.37. The second-order valence-electron chi connectivity index (χ2n) is 4.12. The summed E-state index contributed by atoms with van der Waals surface area (Å²) in [5.41, 5.74) is 0. The summed E-state index contributed by atoms with van der Waals surface area (Å²) in [6, 6.07) is 0.341. The van der Waals surface area contributed by atoms with Gasteiger partial charge in [0.2, 0.25) is 5.91 Å². The van der Waals surface area contributed by atoms with E-state index >= 15 is 0 Å². The van der Waals surface area contributed by atoms with Crippen LogP contribution in [0, 0.1) is 12.3 Å². The zero-order chi connectivity index (χ0) is 12.0. The predicted octanol–water partition coefficient (Wildman–Crippen LogP) is 0.235. The molecule has 2 atom stereocenters.